The van der Waals surface area contributed by atoms with Gasteiger partial charge in [0.2, 0.25) is 5.56 Å². The third-order valence-electron chi connectivity index (χ3n) is 3.41. The molecule has 1 saturated heterocycles. The van der Waals surface area contributed by atoms with Gasteiger partial charge in [0.05, 0.1) is 5.56 Å². The lowest BCUT2D eigenvalue weighted by molar-refractivity contribution is 0.0943. The minimum atomic E-state index is -0.255. The number of pyridine rings is 1. The second kappa shape index (κ2) is 6.07. The van der Waals surface area contributed by atoms with Crippen LogP contribution in [0.15, 0.2) is 35.1 Å². The number of benzene rings is 1. The van der Waals surface area contributed by atoms with E-state index in [9.17, 15) is 9.59 Å². The van der Waals surface area contributed by atoms with Gasteiger partial charge in [-0.25, -0.2) is 0 Å². The fraction of sp³-hybridized carbons (Fsp3) is 0.286. The number of aromatic amines is 1. The van der Waals surface area contributed by atoms with Gasteiger partial charge in [-0.2, -0.15) is 0 Å². The Morgan fingerprint density at radius 1 is 1.30 bits per heavy atom. The summed E-state index contributed by atoms with van der Waals surface area (Å²) in [7, 11) is 0. The van der Waals surface area contributed by atoms with E-state index in [0.29, 0.717) is 23.5 Å². The maximum atomic E-state index is 12.2. The van der Waals surface area contributed by atoms with Crippen molar-refractivity contribution in [3.63, 3.8) is 0 Å². The van der Waals surface area contributed by atoms with Gasteiger partial charge in [0.1, 0.15) is 0 Å². The highest BCUT2D eigenvalue weighted by atomic mass is 35.5. The van der Waals surface area contributed by atoms with E-state index in [2.05, 4.69) is 15.6 Å². The zero-order valence-electron chi connectivity index (χ0n) is 10.8. The van der Waals surface area contributed by atoms with Crippen LogP contribution in [-0.2, 0) is 0 Å². The Labute approximate surface area is 122 Å². The van der Waals surface area contributed by atoms with E-state index in [1.807, 2.05) is 18.2 Å². The lowest BCUT2D eigenvalue weighted by Crippen LogP contribution is -2.48. The van der Waals surface area contributed by atoms with Crippen LogP contribution in [0.5, 0.6) is 0 Å². The molecule has 1 aliphatic rings. The van der Waals surface area contributed by atoms with E-state index in [1.54, 1.807) is 6.07 Å². The largest absolute Gasteiger partial charge is 0.352 e. The molecule has 1 aromatic carbocycles. The summed E-state index contributed by atoms with van der Waals surface area (Å²) in [6, 6.07) is 8.68. The first-order valence-electron chi connectivity index (χ1n) is 6.35. The monoisotopic (exact) mass is 293 g/mol. The molecule has 20 heavy (non-hydrogen) atoms. The average molecular weight is 294 g/mol. The molecule has 0 saturated carbocycles. The van der Waals surface area contributed by atoms with Crippen molar-refractivity contribution in [1.82, 2.24) is 15.6 Å². The third-order valence-corrected chi connectivity index (χ3v) is 3.41. The van der Waals surface area contributed by atoms with Crippen molar-refractivity contribution in [2.24, 2.45) is 5.92 Å². The zero-order chi connectivity index (χ0) is 13.2. The molecule has 3 N–H and O–H groups in total. The second-order valence-electron chi connectivity index (χ2n) is 4.83. The number of amides is 1. The number of halogens is 1. The standard InChI is InChI=1S/C14H15N3O2.ClH/c18-13-5-11(10-3-1-2-4-12(10)17-13)14(19)16-8-9-6-15-7-9;/h1-5,9,15H,6-8H2,(H,16,19)(H,17,18);1H. The molecule has 0 spiro atoms. The summed E-state index contributed by atoms with van der Waals surface area (Å²) in [6.07, 6.45) is 0. The van der Waals surface area contributed by atoms with Gasteiger partial charge in [0, 0.05) is 42.5 Å². The summed E-state index contributed by atoms with van der Waals surface area (Å²) in [5, 5.41) is 6.82. The fourth-order valence-electron chi connectivity index (χ4n) is 2.22. The van der Waals surface area contributed by atoms with E-state index in [-0.39, 0.29) is 23.9 Å². The number of hydrogen-bond donors (Lipinski definition) is 3. The first kappa shape index (κ1) is 14.6. The Kier molecular flexibility index (Phi) is 4.42. The Morgan fingerprint density at radius 2 is 2.05 bits per heavy atom. The minimum Gasteiger partial charge on any atom is -0.352 e. The van der Waals surface area contributed by atoms with Gasteiger partial charge in [0.25, 0.3) is 5.91 Å². The third kappa shape index (κ3) is 2.84. The maximum Gasteiger partial charge on any atom is 0.252 e. The Morgan fingerprint density at radius 3 is 2.75 bits per heavy atom. The van der Waals surface area contributed by atoms with Crippen LogP contribution < -0.4 is 16.2 Å². The number of hydrogen-bond acceptors (Lipinski definition) is 3. The van der Waals surface area contributed by atoms with Gasteiger partial charge in [-0.15, -0.1) is 12.4 Å². The van der Waals surface area contributed by atoms with E-state index in [4.69, 9.17) is 0 Å². The average Bonchev–Trinajstić information content (AvgIpc) is 2.35. The smallest absolute Gasteiger partial charge is 0.252 e. The highest BCUT2D eigenvalue weighted by Gasteiger charge is 2.18. The van der Waals surface area contributed by atoms with Crippen molar-refractivity contribution in [1.29, 1.82) is 0 Å². The van der Waals surface area contributed by atoms with Crippen LogP contribution >= 0.6 is 12.4 Å². The SMILES string of the molecule is Cl.O=C(NCC1CNC1)c1cc(=O)[nH]c2ccccc12. The molecule has 0 aliphatic carbocycles. The van der Waals surface area contributed by atoms with E-state index < -0.39 is 0 Å². The summed E-state index contributed by atoms with van der Waals surface area (Å²) in [5.41, 5.74) is 0.867. The molecule has 2 aromatic rings. The van der Waals surface area contributed by atoms with Crippen LogP contribution in [0, 0.1) is 5.92 Å². The van der Waals surface area contributed by atoms with Gasteiger partial charge in [0.15, 0.2) is 0 Å². The predicted molar refractivity (Wildman–Crippen MR) is 80.5 cm³/mol. The summed E-state index contributed by atoms with van der Waals surface area (Å²) >= 11 is 0. The highest BCUT2D eigenvalue weighted by Crippen LogP contribution is 2.14. The molecule has 1 fully saturated rings. The molecule has 1 amide bonds. The van der Waals surface area contributed by atoms with Crippen molar-refractivity contribution < 1.29 is 4.79 Å². The highest BCUT2D eigenvalue weighted by molar-refractivity contribution is 6.05. The topological polar surface area (TPSA) is 74.0 Å². The molecule has 1 aromatic heterocycles. The number of aromatic nitrogens is 1. The van der Waals surface area contributed by atoms with Crippen LogP contribution in [0.3, 0.4) is 0 Å². The van der Waals surface area contributed by atoms with E-state index >= 15 is 0 Å². The zero-order valence-corrected chi connectivity index (χ0v) is 11.6. The van der Waals surface area contributed by atoms with E-state index in [1.165, 1.54) is 6.07 Å². The van der Waals surface area contributed by atoms with Crippen LogP contribution in [0.1, 0.15) is 10.4 Å². The predicted octanol–water partition coefficient (Wildman–Crippen LogP) is 0.899. The Bertz CT molecular complexity index is 679. The molecule has 2 heterocycles. The first-order valence-corrected chi connectivity index (χ1v) is 6.35. The van der Waals surface area contributed by atoms with Crippen molar-refractivity contribution in [3.05, 3.63) is 46.2 Å². The minimum absolute atomic E-state index is 0. The molecule has 5 nitrogen and oxygen atoms in total. The van der Waals surface area contributed by atoms with Crippen molar-refractivity contribution in [3.8, 4) is 0 Å². The quantitative estimate of drug-likeness (QED) is 0.787. The van der Waals surface area contributed by atoms with Gasteiger partial charge in [-0.1, -0.05) is 18.2 Å². The summed E-state index contributed by atoms with van der Waals surface area (Å²) in [6.45, 7) is 2.53. The molecule has 0 bridgehead atoms. The van der Waals surface area contributed by atoms with Crippen LogP contribution in [-0.4, -0.2) is 30.5 Å². The Balaban J connectivity index is 0.00000147. The number of H-pyrrole nitrogens is 1. The van der Waals surface area contributed by atoms with Crippen LogP contribution in [0.25, 0.3) is 10.9 Å². The molecule has 0 unspecified atom stereocenters. The molecule has 3 rings (SSSR count). The number of fused-ring (bicyclic) bond motifs is 1. The van der Waals surface area contributed by atoms with Gasteiger partial charge in [-0.3, -0.25) is 9.59 Å². The van der Waals surface area contributed by atoms with Crippen LogP contribution in [0.4, 0.5) is 0 Å². The molecular formula is C14H16ClN3O2. The summed E-state index contributed by atoms with van der Waals surface area (Å²) in [5.74, 6) is 0.311. The lowest BCUT2D eigenvalue weighted by Gasteiger charge is -2.27. The second-order valence-corrected chi connectivity index (χ2v) is 4.83. The molecule has 6 heteroatoms. The summed E-state index contributed by atoms with van der Waals surface area (Å²) < 4.78 is 0. The molecule has 0 radical (unpaired) electrons. The normalized spacial score (nSPS) is 14.4. The molecule has 106 valence electrons. The van der Waals surface area contributed by atoms with Crippen molar-refractivity contribution in [2.75, 3.05) is 19.6 Å². The van der Waals surface area contributed by atoms with Gasteiger partial charge < -0.3 is 15.6 Å². The van der Waals surface area contributed by atoms with Gasteiger partial charge in [-0.05, 0) is 6.07 Å². The maximum absolute atomic E-state index is 12.2. The number of carbonyl (C=O) groups is 1. The van der Waals surface area contributed by atoms with Gasteiger partial charge >= 0.3 is 0 Å². The van der Waals surface area contributed by atoms with E-state index in [0.717, 1.165) is 18.5 Å². The number of para-hydroxylation sites is 1. The lowest BCUT2D eigenvalue weighted by atomic mass is 10.0. The number of rotatable bonds is 3. The molecular weight excluding hydrogens is 278 g/mol. The fourth-order valence-corrected chi connectivity index (χ4v) is 2.22. The molecule has 0 atom stereocenters. The number of nitrogens with one attached hydrogen (secondary N) is 3. The van der Waals surface area contributed by atoms with Crippen molar-refractivity contribution in [2.45, 2.75) is 0 Å². The number of carbonyl (C=O) groups excluding carboxylic acids is 1. The Hall–Kier alpha value is -1.85. The molecule has 1 aliphatic heterocycles. The van der Waals surface area contributed by atoms with Crippen molar-refractivity contribution >= 4 is 29.2 Å². The summed E-state index contributed by atoms with van der Waals surface area (Å²) in [4.78, 5) is 26.5. The first-order chi connectivity index (χ1) is 9.24. The van der Waals surface area contributed by atoms with Crippen LogP contribution in [0.2, 0.25) is 0 Å².